The molecule has 2 saturated heterocycles. The number of sulfone groups is 1. The third kappa shape index (κ3) is 4.51. The standard InChI is InChI=1S/C26H33FN4O2S/c1-30-25-23(29-26(30)19-5-7-21(8-6-19)34(2,32)33)10-9-22(24(25)27)18-12-16-31(17-13-18)20-4-3-14-28-15-11-20/h5-10,18,20,28H,3-4,11-17H2,1-2H3. The van der Waals surface area contributed by atoms with Crippen molar-refractivity contribution in [3.05, 3.63) is 47.8 Å². The Labute approximate surface area is 201 Å². The number of piperidine rings is 1. The third-order valence-electron chi connectivity index (χ3n) is 7.58. The fourth-order valence-electron chi connectivity index (χ4n) is 5.64. The lowest BCUT2D eigenvalue weighted by atomic mass is 9.87. The number of hydrogen-bond acceptors (Lipinski definition) is 5. The van der Waals surface area contributed by atoms with Crippen molar-refractivity contribution < 1.29 is 12.8 Å². The van der Waals surface area contributed by atoms with Gasteiger partial charge in [0.1, 0.15) is 11.3 Å². The number of likely N-dealkylation sites (tertiary alicyclic amines) is 1. The topological polar surface area (TPSA) is 67.2 Å². The predicted octanol–water partition coefficient (Wildman–Crippen LogP) is 4.10. The molecule has 2 aliphatic heterocycles. The van der Waals surface area contributed by atoms with Crippen LogP contribution in [0.3, 0.4) is 0 Å². The molecule has 1 unspecified atom stereocenters. The summed E-state index contributed by atoms with van der Waals surface area (Å²) in [6.07, 6.45) is 6.82. The summed E-state index contributed by atoms with van der Waals surface area (Å²) in [5.74, 6) is 0.670. The second kappa shape index (κ2) is 9.40. The van der Waals surface area contributed by atoms with E-state index in [2.05, 4.69) is 15.2 Å². The zero-order valence-corrected chi connectivity index (χ0v) is 20.7. The Morgan fingerprint density at radius 2 is 1.74 bits per heavy atom. The molecule has 1 atom stereocenters. The van der Waals surface area contributed by atoms with Crippen LogP contribution < -0.4 is 5.32 Å². The number of benzene rings is 2. The first-order valence-electron chi connectivity index (χ1n) is 12.2. The molecule has 34 heavy (non-hydrogen) atoms. The van der Waals surface area contributed by atoms with E-state index in [-0.39, 0.29) is 16.6 Å². The molecule has 2 fully saturated rings. The number of imidazole rings is 1. The van der Waals surface area contributed by atoms with E-state index in [1.165, 1.54) is 25.5 Å². The largest absolute Gasteiger partial charge is 0.325 e. The molecule has 0 bridgehead atoms. The molecule has 2 aromatic carbocycles. The first-order chi connectivity index (χ1) is 16.3. The molecular formula is C26H33FN4O2S. The molecule has 0 aliphatic carbocycles. The van der Waals surface area contributed by atoms with Crippen LogP contribution in [0.25, 0.3) is 22.4 Å². The Bertz CT molecular complexity index is 1270. The lowest BCUT2D eigenvalue weighted by molar-refractivity contribution is 0.140. The average molecular weight is 485 g/mol. The van der Waals surface area contributed by atoms with Crippen LogP contribution in [0.5, 0.6) is 0 Å². The molecule has 0 amide bonds. The van der Waals surface area contributed by atoms with E-state index in [1.54, 1.807) is 28.8 Å². The Hall–Kier alpha value is -2.29. The van der Waals surface area contributed by atoms with Crippen molar-refractivity contribution in [3.8, 4) is 11.4 Å². The molecule has 1 aromatic heterocycles. The van der Waals surface area contributed by atoms with Gasteiger partial charge in [0.15, 0.2) is 15.7 Å². The summed E-state index contributed by atoms with van der Waals surface area (Å²) in [5, 5.41) is 3.49. The molecule has 0 spiro atoms. The lowest BCUT2D eigenvalue weighted by Gasteiger charge is -2.37. The van der Waals surface area contributed by atoms with Gasteiger partial charge in [-0.15, -0.1) is 0 Å². The van der Waals surface area contributed by atoms with E-state index in [0.29, 0.717) is 22.9 Å². The first kappa shape index (κ1) is 23.5. The SMILES string of the molecule is Cn1c(-c2ccc(S(C)(=O)=O)cc2)nc2ccc(C3CCN(C4CCCNCC4)CC3)c(F)c21. The van der Waals surface area contributed by atoms with Crippen LogP contribution in [-0.2, 0) is 16.9 Å². The molecule has 2 aliphatic rings. The normalized spacial score (nSPS) is 21.1. The van der Waals surface area contributed by atoms with E-state index in [0.717, 1.165) is 50.1 Å². The van der Waals surface area contributed by atoms with E-state index < -0.39 is 9.84 Å². The van der Waals surface area contributed by atoms with Gasteiger partial charge in [-0.05, 0) is 100 Å². The van der Waals surface area contributed by atoms with Crippen molar-refractivity contribution in [2.45, 2.75) is 49.0 Å². The zero-order chi connectivity index (χ0) is 23.9. The predicted molar refractivity (Wildman–Crippen MR) is 133 cm³/mol. The summed E-state index contributed by atoms with van der Waals surface area (Å²) in [4.78, 5) is 7.54. The van der Waals surface area contributed by atoms with Gasteiger partial charge in [-0.3, -0.25) is 0 Å². The number of rotatable bonds is 4. The summed E-state index contributed by atoms with van der Waals surface area (Å²) >= 11 is 0. The minimum Gasteiger partial charge on any atom is -0.325 e. The second-order valence-corrected chi connectivity index (χ2v) is 11.8. The Balaban J connectivity index is 1.38. The van der Waals surface area contributed by atoms with Gasteiger partial charge in [-0.1, -0.05) is 6.07 Å². The highest BCUT2D eigenvalue weighted by molar-refractivity contribution is 7.90. The molecule has 0 radical (unpaired) electrons. The molecule has 8 heteroatoms. The third-order valence-corrected chi connectivity index (χ3v) is 8.70. The molecular weight excluding hydrogens is 451 g/mol. The van der Waals surface area contributed by atoms with E-state index >= 15 is 4.39 Å². The fraction of sp³-hybridized carbons (Fsp3) is 0.500. The maximum absolute atomic E-state index is 15.8. The second-order valence-electron chi connectivity index (χ2n) is 9.77. The van der Waals surface area contributed by atoms with Crippen LogP contribution >= 0.6 is 0 Å². The van der Waals surface area contributed by atoms with Gasteiger partial charge in [0.05, 0.1) is 10.4 Å². The quantitative estimate of drug-likeness (QED) is 0.604. The number of aromatic nitrogens is 2. The van der Waals surface area contributed by atoms with Crippen molar-refractivity contribution in [2.75, 3.05) is 32.4 Å². The number of fused-ring (bicyclic) bond motifs is 1. The number of nitrogens with zero attached hydrogens (tertiary/aromatic N) is 3. The summed E-state index contributed by atoms with van der Waals surface area (Å²) in [6, 6.07) is 11.1. The number of halogens is 1. The van der Waals surface area contributed by atoms with Crippen LogP contribution in [0.4, 0.5) is 4.39 Å². The maximum Gasteiger partial charge on any atom is 0.175 e. The van der Waals surface area contributed by atoms with E-state index in [9.17, 15) is 8.42 Å². The highest BCUT2D eigenvalue weighted by Gasteiger charge is 2.29. The summed E-state index contributed by atoms with van der Waals surface area (Å²) in [5.41, 5.74) is 2.68. The summed E-state index contributed by atoms with van der Waals surface area (Å²) in [7, 11) is -1.44. The number of nitrogens with one attached hydrogen (secondary N) is 1. The Morgan fingerprint density at radius 1 is 1.00 bits per heavy atom. The van der Waals surface area contributed by atoms with Crippen LogP contribution in [0.2, 0.25) is 0 Å². The lowest BCUT2D eigenvalue weighted by Crippen LogP contribution is -2.41. The first-order valence-corrected chi connectivity index (χ1v) is 14.1. The van der Waals surface area contributed by atoms with Gasteiger partial charge < -0.3 is 14.8 Å². The van der Waals surface area contributed by atoms with E-state index in [1.807, 2.05) is 19.2 Å². The molecule has 3 heterocycles. The minimum absolute atomic E-state index is 0.177. The van der Waals surface area contributed by atoms with Crippen molar-refractivity contribution in [2.24, 2.45) is 7.05 Å². The van der Waals surface area contributed by atoms with Gasteiger partial charge in [0.25, 0.3) is 0 Å². The van der Waals surface area contributed by atoms with Gasteiger partial charge in [0, 0.05) is 24.9 Å². The van der Waals surface area contributed by atoms with E-state index in [4.69, 9.17) is 0 Å². The Morgan fingerprint density at radius 3 is 2.44 bits per heavy atom. The number of aryl methyl sites for hydroxylation is 1. The van der Waals surface area contributed by atoms with Crippen LogP contribution in [0.15, 0.2) is 41.3 Å². The van der Waals surface area contributed by atoms with Crippen molar-refractivity contribution in [1.29, 1.82) is 0 Å². The van der Waals surface area contributed by atoms with Gasteiger partial charge in [-0.2, -0.15) is 0 Å². The smallest absolute Gasteiger partial charge is 0.175 e. The Kier molecular flexibility index (Phi) is 6.48. The van der Waals surface area contributed by atoms with Gasteiger partial charge in [0.2, 0.25) is 0 Å². The fourth-order valence-corrected chi connectivity index (χ4v) is 6.27. The minimum atomic E-state index is -3.27. The molecule has 1 N–H and O–H groups in total. The molecule has 5 rings (SSSR count). The van der Waals surface area contributed by atoms with Crippen LogP contribution in [-0.4, -0.2) is 61.3 Å². The highest BCUT2D eigenvalue weighted by Crippen LogP contribution is 2.35. The van der Waals surface area contributed by atoms with Gasteiger partial charge in [-0.25, -0.2) is 17.8 Å². The molecule has 182 valence electrons. The maximum atomic E-state index is 15.8. The van der Waals surface area contributed by atoms with Crippen molar-refractivity contribution in [1.82, 2.24) is 19.8 Å². The highest BCUT2D eigenvalue weighted by atomic mass is 32.2. The molecule has 3 aromatic rings. The van der Waals surface area contributed by atoms with Crippen molar-refractivity contribution in [3.63, 3.8) is 0 Å². The molecule has 0 saturated carbocycles. The number of hydrogen-bond donors (Lipinski definition) is 1. The summed E-state index contributed by atoms with van der Waals surface area (Å²) < 4.78 is 41.1. The van der Waals surface area contributed by atoms with Crippen molar-refractivity contribution >= 4 is 20.9 Å². The average Bonchev–Trinajstić information content (AvgIpc) is 2.99. The zero-order valence-electron chi connectivity index (χ0n) is 19.9. The van der Waals surface area contributed by atoms with Gasteiger partial charge >= 0.3 is 0 Å². The van der Waals surface area contributed by atoms with Crippen LogP contribution in [0, 0.1) is 5.82 Å². The monoisotopic (exact) mass is 484 g/mol. The molecule has 6 nitrogen and oxygen atoms in total. The van der Waals surface area contributed by atoms with Crippen LogP contribution in [0.1, 0.15) is 43.6 Å². The summed E-state index contributed by atoms with van der Waals surface area (Å²) in [6.45, 7) is 4.26.